The summed E-state index contributed by atoms with van der Waals surface area (Å²) in [5.74, 6) is -9.49. The van der Waals surface area contributed by atoms with Gasteiger partial charge in [-0.3, -0.25) is 107 Å². The lowest BCUT2D eigenvalue weighted by Crippen LogP contribution is -2.54. The SMILES string of the molecule is CC(C)(C)OC(=O)CCOCCN.CC(C)(C)OC(=O)CCOCCNc1cccc2c1C(=O)N(C1CCC(=O)NC1=O)C2=O.O=C(O)CCOCCNc1cccc2c1C(=O)N(C1CCC(=O)NC1=O)C2=O.O=C1CCC(N2C(=O)c3cccc(F)c3C2=O)C(=O)N1.O=CC(F)(F)F. The number of aldehydes is 1. The molecule has 6 aliphatic heterocycles. The Morgan fingerprint density at radius 2 is 0.838 bits per heavy atom. The largest absolute Gasteiger partial charge is 0.481 e. The average Bonchev–Trinajstić information content (AvgIpc) is 1.65. The third-order valence-corrected chi connectivity index (χ3v) is 14.1. The van der Waals surface area contributed by atoms with Crippen molar-refractivity contribution in [2.75, 3.05) is 69.9 Å². The summed E-state index contributed by atoms with van der Waals surface area (Å²) in [6.45, 7) is 13.6. The van der Waals surface area contributed by atoms with Gasteiger partial charge >= 0.3 is 24.1 Å². The van der Waals surface area contributed by atoms with E-state index in [0.717, 1.165) is 20.8 Å². The van der Waals surface area contributed by atoms with Gasteiger partial charge in [-0.25, -0.2) is 4.39 Å². The van der Waals surface area contributed by atoms with Gasteiger partial charge in [-0.2, -0.15) is 13.2 Å². The second-order valence-corrected chi connectivity index (χ2v) is 23.9. The van der Waals surface area contributed by atoms with Crippen LogP contribution in [0.4, 0.5) is 28.9 Å². The van der Waals surface area contributed by atoms with E-state index in [4.69, 9.17) is 39.3 Å². The molecule has 6 aliphatic rings. The van der Waals surface area contributed by atoms with Gasteiger partial charge in [-0.15, -0.1) is 0 Å². The Bertz CT molecular complexity index is 3630. The number of carboxylic acid groups (broad SMARTS) is 1. The molecule has 3 aromatic carbocycles. The topological polar surface area (TPSA) is 435 Å². The zero-order valence-corrected chi connectivity index (χ0v) is 54.7. The van der Waals surface area contributed by atoms with Crippen LogP contribution in [-0.4, -0.2) is 210 Å². The highest BCUT2D eigenvalue weighted by molar-refractivity contribution is 6.27. The maximum absolute atomic E-state index is 13.7. The first-order chi connectivity index (χ1) is 46.5. The van der Waals surface area contributed by atoms with Crippen LogP contribution in [0.5, 0.6) is 0 Å². The summed E-state index contributed by atoms with van der Waals surface area (Å²) in [5.41, 5.74) is 5.50. The molecule has 35 heteroatoms. The van der Waals surface area contributed by atoms with Crippen LogP contribution in [0, 0.1) is 5.82 Å². The van der Waals surface area contributed by atoms with Crippen molar-refractivity contribution in [3.05, 3.63) is 93.8 Å². The van der Waals surface area contributed by atoms with E-state index in [1.807, 2.05) is 20.8 Å². The first kappa shape index (κ1) is 79.4. The first-order valence-electron chi connectivity index (χ1n) is 30.8. The quantitative estimate of drug-likeness (QED) is 0.0250. The monoisotopic (exact) mass is 1400 g/mol. The second-order valence-electron chi connectivity index (χ2n) is 23.9. The molecule has 536 valence electrons. The summed E-state index contributed by atoms with van der Waals surface area (Å²) in [6.07, 6.45) is -4.98. The van der Waals surface area contributed by atoms with Crippen LogP contribution in [0.25, 0.3) is 0 Å². The Labute approximate surface area is 562 Å². The van der Waals surface area contributed by atoms with Crippen molar-refractivity contribution in [2.24, 2.45) is 5.73 Å². The fourth-order valence-electron chi connectivity index (χ4n) is 9.96. The zero-order chi connectivity index (χ0) is 73.7. The molecule has 0 spiro atoms. The van der Waals surface area contributed by atoms with Gasteiger partial charge in [-0.1, -0.05) is 18.2 Å². The number of nitrogens with one attached hydrogen (secondary N) is 5. The van der Waals surface area contributed by atoms with Crippen molar-refractivity contribution in [3.8, 4) is 0 Å². The third-order valence-electron chi connectivity index (χ3n) is 14.1. The highest BCUT2D eigenvalue weighted by atomic mass is 19.4. The minimum atomic E-state index is -4.64. The number of benzene rings is 3. The number of rotatable bonds is 22. The molecule has 3 saturated heterocycles. The number of carboxylic acids is 1. The van der Waals surface area contributed by atoms with Crippen LogP contribution in [0.15, 0.2) is 54.6 Å². The highest BCUT2D eigenvalue weighted by Gasteiger charge is 2.49. The van der Waals surface area contributed by atoms with Crippen molar-refractivity contribution in [1.82, 2.24) is 30.7 Å². The zero-order valence-electron chi connectivity index (χ0n) is 54.7. The molecule has 9 rings (SSSR count). The Hall–Kier alpha value is -10.3. The normalized spacial score (nSPS) is 17.9. The van der Waals surface area contributed by atoms with Gasteiger partial charge in [0.2, 0.25) is 41.7 Å². The number of nitrogens with zero attached hydrogens (tertiary/aromatic N) is 3. The standard InChI is InChI=1S/C22H27N3O7.C18H19N3O7.C13H9FN2O4.C9H19NO3.C2HF3O/c1-22(2,3)32-17(27)9-11-31-12-10-23-14-6-4-5-13-18(14)21(30)25(20(13)29)15-7-8-16(26)24-19(15)28;22-13-5-4-12(16(25)20-13)21-17(26)10-2-1-3-11(15(10)18(21)27)19-7-9-28-8-6-14(23)24;14-7-3-1-2-6-10(7)13(20)16(12(6)19)8-4-5-9(17)15-11(8)18;1-9(2,3)13-8(11)4-6-12-7-5-10;3-2(4,5)1-6/h4-6,15,23H,7-12H2,1-3H3,(H,24,26,28);1-3,12,19H,4-9H2,(H,23,24)(H,20,22,25);1-3,8H,4-5H2,(H,15,17,18);4-7,10H2,1-3H3;1H. The van der Waals surface area contributed by atoms with Crippen molar-refractivity contribution in [3.63, 3.8) is 0 Å². The number of imide groups is 6. The van der Waals surface area contributed by atoms with E-state index in [-0.39, 0.29) is 130 Å². The number of alkyl halides is 3. The molecule has 99 heavy (non-hydrogen) atoms. The maximum Gasteiger partial charge on any atom is 0.446 e. The van der Waals surface area contributed by atoms with E-state index in [2.05, 4.69) is 26.6 Å². The van der Waals surface area contributed by atoms with Crippen molar-refractivity contribution in [1.29, 1.82) is 0 Å². The second kappa shape index (κ2) is 35.8. The molecule has 3 aromatic rings. The van der Waals surface area contributed by atoms with Crippen LogP contribution in [0.1, 0.15) is 161 Å². The van der Waals surface area contributed by atoms with Crippen LogP contribution in [0.3, 0.4) is 0 Å². The molecule has 0 aromatic heterocycles. The van der Waals surface area contributed by atoms with E-state index >= 15 is 0 Å². The first-order valence-corrected chi connectivity index (χ1v) is 30.8. The van der Waals surface area contributed by atoms with Crippen molar-refractivity contribution < 1.29 is 123 Å². The number of carbonyl (C=O) groups is 16. The molecule has 0 bridgehead atoms. The van der Waals surface area contributed by atoms with Gasteiger partial charge < -0.3 is 45.2 Å². The fraction of sp³-hybridized carbons (Fsp3) is 0.469. The summed E-state index contributed by atoms with van der Waals surface area (Å²) >= 11 is 0. The van der Waals surface area contributed by atoms with E-state index in [1.54, 1.807) is 45.0 Å². The lowest BCUT2D eigenvalue weighted by Gasteiger charge is -2.27. The van der Waals surface area contributed by atoms with Crippen LogP contribution < -0.4 is 32.3 Å². The molecule has 0 saturated carbocycles. The Morgan fingerprint density at radius 1 is 0.515 bits per heavy atom. The number of amides is 12. The summed E-state index contributed by atoms with van der Waals surface area (Å²) in [7, 11) is 0. The van der Waals surface area contributed by atoms with E-state index < -0.39 is 124 Å². The fourth-order valence-corrected chi connectivity index (χ4v) is 9.96. The number of carbonyl (C=O) groups excluding carboxylic acids is 15. The predicted molar refractivity (Wildman–Crippen MR) is 333 cm³/mol. The van der Waals surface area contributed by atoms with Gasteiger partial charge in [0.05, 0.1) is 92.3 Å². The van der Waals surface area contributed by atoms with Crippen molar-refractivity contribution in [2.45, 2.75) is 135 Å². The number of halogens is 4. The number of fused-ring (bicyclic) bond motifs is 3. The van der Waals surface area contributed by atoms with Crippen LogP contribution in [-0.2, 0) is 71.6 Å². The van der Waals surface area contributed by atoms with Gasteiger partial charge in [-0.05, 0) is 97.2 Å². The number of nitrogens with two attached hydrogens (primary N) is 1. The number of esters is 2. The molecule has 3 fully saturated rings. The van der Waals surface area contributed by atoms with Crippen LogP contribution >= 0.6 is 0 Å². The molecule has 12 amide bonds. The number of ether oxygens (including phenoxy) is 5. The van der Waals surface area contributed by atoms with Gasteiger partial charge in [0.15, 0.2) is 0 Å². The molecule has 3 atom stereocenters. The lowest BCUT2D eigenvalue weighted by atomic mass is 10.0. The van der Waals surface area contributed by atoms with Crippen LogP contribution in [0.2, 0.25) is 0 Å². The molecule has 0 radical (unpaired) electrons. The predicted octanol–water partition coefficient (Wildman–Crippen LogP) is 2.91. The molecule has 8 N–H and O–H groups in total. The molecule has 6 heterocycles. The summed E-state index contributed by atoms with van der Waals surface area (Å²) in [5, 5.41) is 21.0. The molecular formula is C64H75F4N9O22. The summed E-state index contributed by atoms with van der Waals surface area (Å²) in [6, 6.07) is 10.2. The molecule has 31 nitrogen and oxygen atoms in total. The lowest BCUT2D eigenvalue weighted by molar-refractivity contribution is -0.157. The number of hydrogen-bond acceptors (Lipinski definition) is 24. The minimum Gasteiger partial charge on any atom is -0.481 e. The van der Waals surface area contributed by atoms with Gasteiger partial charge in [0.1, 0.15) is 35.1 Å². The minimum absolute atomic E-state index is 0.0340. The Kier molecular flexibility index (Phi) is 28.7. The molecule has 0 aliphatic carbocycles. The number of anilines is 2. The Balaban J connectivity index is 0.000000241. The average molecular weight is 1400 g/mol. The Morgan fingerprint density at radius 3 is 1.15 bits per heavy atom. The molecular weight excluding hydrogens is 1320 g/mol. The summed E-state index contributed by atoms with van der Waals surface area (Å²) in [4.78, 5) is 190. The number of piperidine rings is 3. The number of hydrogen-bond donors (Lipinski definition) is 7. The number of aliphatic carboxylic acids is 1. The van der Waals surface area contributed by atoms with Gasteiger partial charge in [0, 0.05) is 50.3 Å². The van der Waals surface area contributed by atoms with E-state index in [0.29, 0.717) is 44.2 Å². The summed E-state index contributed by atoms with van der Waals surface area (Å²) < 4.78 is 70.8. The maximum atomic E-state index is 13.7. The molecule has 3 unspecified atom stereocenters. The van der Waals surface area contributed by atoms with Crippen molar-refractivity contribution >= 4 is 106 Å². The third kappa shape index (κ3) is 22.9. The highest BCUT2D eigenvalue weighted by Crippen LogP contribution is 2.35. The van der Waals surface area contributed by atoms with E-state index in [1.165, 1.54) is 24.3 Å². The van der Waals surface area contributed by atoms with Gasteiger partial charge in [0.25, 0.3) is 35.4 Å². The smallest absolute Gasteiger partial charge is 0.446 e. The van der Waals surface area contributed by atoms with E-state index in [9.17, 15) is 89.5 Å².